The number of pyridine rings is 1. The van der Waals surface area contributed by atoms with Crippen LogP contribution in [0.4, 0.5) is 5.69 Å². The van der Waals surface area contributed by atoms with Crippen LogP contribution in [0.15, 0.2) is 91.3 Å². The smallest absolute Gasteiger partial charge is 0.174 e. The molecule has 0 bridgehead atoms. The molecule has 1 aliphatic rings. The number of hydrogen-bond donors (Lipinski definition) is 1. The van der Waals surface area contributed by atoms with Crippen LogP contribution in [0.5, 0.6) is 11.5 Å². The van der Waals surface area contributed by atoms with Crippen molar-refractivity contribution >= 4 is 23.0 Å². The molecule has 1 aliphatic heterocycles. The number of nitrogens with zero attached hydrogens (tertiary/aromatic N) is 3. The molecule has 1 fully saturated rings. The Morgan fingerprint density at radius 1 is 0.971 bits per heavy atom. The molecule has 6 nitrogen and oxygen atoms in total. The molecule has 0 aliphatic carbocycles. The zero-order valence-corrected chi connectivity index (χ0v) is 20.6. The minimum Gasteiger partial charge on any atom is -0.457 e. The van der Waals surface area contributed by atoms with E-state index in [1.807, 2.05) is 67.7 Å². The summed E-state index contributed by atoms with van der Waals surface area (Å²) in [6.45, 7) is 3.43. The van der Waals surface area contributed by atoms with Crippen LogP contribution >= 0.6 is 12.2 Å². The molecule has 3 heterocycles. The zero-order valence-electron chi connectivity index (χ0n) is 19.8. The predicted octanol–water partition coefficient (Wildman–Crippen LogP) is 5.81. The molecule has 1 N–H and O–H groups in total. The van der Waals surface area contributed by atoms with Crippen LogP contribution in [-0.2, 0) is 11.3 Å². The Morgan fingerprint density at radius 3 is 2.51 bits per heavy atom. The third-order valence-corrected chi connectivity index (χ3v) is 6.55. The van der Waals surface area contributed by atoms with Gasteiger partial charge >= 0.3 is 0 Å². The van der Waals surface area contributed by atoms with Gasteiger partial charge in [-0.2, -0.15) is 0 Å². The van der Waals surface area contributed by atoms with Crippen LogP contribution in [0.1, 0.15) is 29.0 Å². The van der Waals surface area contributed by atoms with Gasteiger partial charge in [0.25, 0.3) is 0 Å². The fourth-order valence-corrected chi connectivity index (χ4v) is 4.84. The highest BCUT2D eigenvalue weighted by molar-refractivity contribution is 7.80. The summed E-state index contributed by atoms with van der Waals surface area (Å²) in [6.07, 6.45) is 3.91. The number of hydrogen-bond acceptors (Lipinski definition) is 4. The van der Waals surface area contributed by atoms with E-state index in [0.717, 1.165) is 40.7 Å². The molecule has 178 valence electrons. The van der Waals surface area contributed by atoms with E-state index in [-0.39, 0.29) is 12.1 Å². The van der Waals surface area contributed by atoms with E-state index in [0.29, 0.717) is 11.7 Å². The number of methoxy groups -OCH3 is 1. The average Bonchev–Trinajstić information content (AvgIpc) is 3.49. The van der Waals surface area contributed by atoms with Crippen LogP contribution in [-0.4, -0.2) is 28.4 Å². The lowest BCUT2D eigenvalue weighted by Crippen LogP contribution is -2.30. The molecular formula is C28H28N4O2S. The maximum Gasteiger partial charge on any atom is 0.174 e. The summed E-state index contributed by atoms with van der Waals surface area (Å²) in [4.78, 5) is 6.81. The minimum absolute atomic E-state index is 0.0765. The fraction of sp³-hybridized carbons (Fsp3) is 0.214. The molecule has 0 spiro atoms. The van der Waals surface area contributed by atoms with Crippen molar-refractivity contribution in [2.75, 3.05) is 18.6 Å². The summed E-state index contributed by atoms with van der Waals surface area (Å²) < 4.78 is 13.7. The second kappa shape index (κ2) is 10.3. The first-order valence-electron chi connectivity index (χ1n) is 11.6. The summed E-state index contributed by atoms with van der Waals surface area (Å²) in [7, 11) is 1.72. The Labute approximate surface area is 211 Å². The normalized spacial score (nSPS) is 17.4. The van der Waals surface area contributed by atoms with E-state index in [2.05, 4.69) is 50.2 Å². The summed E-state index contributed by atoms with van der Waals surface area (Å²) in [5.41, 5.74) is 4.17. The Balaban J connectivity index is 1.49. The third-order valence-electron chi connectivity index (χ3n) is 6.24. The molecule has 5 rings (SSSR count). The standard InChI is InChI=1S/C28H28N4O2S/c1-20-8-3-4-11-25(20)34-22-14-12-21(13-15-22)32-27(24-10-7-17-31(24)18-19-33-2)26(30-28(32)35)23-9-5-6-16-29-23/h3-17,26-27H,18-19H2,1-2H3,(H,30,35)/t26-,27+/m0/s1. The topological polar surface area (TPSA) is 51.5 Å². The Bertz CT molecular complexity index is 1290. The zero-order chi connectivity index (χ0) is 24.2. The van der Waals surface area contributed by atoms with E-state index < -0.39 is 0 Å². The van der Waals surface area contributed by atoms with Gasteiger partial charge in [-0.05, 0) is 79.3 Å². The highest BCUT2D eigenvalue weighted by atomic mass is 32.1. The Kier molecular flexibility index (Phi) is 6.79. The van der Waals surface area contributed by atoms with Crippen molar-refractivity contribution < 1.29 is 9.47 Å². The monoisotopic (exact) mass is 484 g/mol. The first kappa shape index (κ1) is 23.1. The van der Waals surface area contributed by atoms with Crippen LogP contribution in [0.25, 0.3) is 0 Å². The SMILES string of the molecule is COCCn1cccc1[C@@H]1[C@H](c2ccccn2)NC(=S)N1c1ccc(Oc2ccccc2C)cc1. The number of aryl methyl sites for hydroxylation is 1. The summed E-state index contributed by atoms with van der Waals surface area (Å²) in [5.74, 6) is 1.63. The first-order chi connectivity index (χ1) is 17.2. The van der Waals surface area contributed by atoms with E-state index >= 15 is 0 Å². The lowest BCUT2D eigenvalue weighted by Gasteiger charge is -2.29. The fourth-order valence-electron chi connectivity index (χ4n) is 4.50. The van der Waals surface area contributed by atoms with Gasteiger partial charge in [0, 0.05) is 37.4 Å². The van der Waals surface area contributed by atoms with Crippen molar-refractivity contribution in [2.45, 2.75) is 25.6 Å². The molecular weight excluding hydrogens is 456 g/mol. The number of ether oxygens (including phenoxy) is 2. The molecule has 0 saturated carbocycles. The van der Waals surface area contributed by atoms with E-state index in [4.69, 9.17) is 21.7 Å². The number of nitrogens with one attached hydrogen (secondary N) is 1. The van der Waals surface area contributed by atoms with Gasteiger partial charge in [0.05, 0.1) is 18.3 Å². The Morgan fingerprint density at radius 2 is 1.77 bits per heavy atom. The van der Waals surface area contributed by atoms with Crippen LogP contribution < -0.4 is 15.0 Å². The molecule has 7 heteroatoms. The quantitative estimate of drug-likeness (QED) is 0.319. The van der Waals surface area contributed by atoms with E-state index in [1.54, 1.807) is 7.11 Å². The number of aromatic nitrogens is 2. The van der Waals surface area contributed by atoms with Crippen molar-refractivity contribution in [1.82, 2.24) is 14.9 Å². The highest BCUT2D eigenvalue weighted by Crippen LogP contribution is 2.42. The van der Waals surface area contributed by atoms with E-state index in [1.165, 1.54) is 0 Å². The largest absolute Gasteiger partial charge is 0.457 e. The van der Waals surface area contributed by atoms with Gasteiger partial charge in [0.1, 0.15) is 17.5 Å². The van der Waals surface area contributed by atoms with Gasteiger partial charge < -0.3 is 24.3 Å². The molecule has 0 radical (unpaired) electrons. The van der Waals surface area contributed by atoms with Crippen LogP contribution in [0, 0.1) is 6.92 Å². The molecule has 4 aromatic rings. The third kappa shape index (κ3) is 4.78. The van der Waals surface area contributed by atoms with Gasteiger partial charge in [-0.3, -0.25) is 4.98 Å². The summed E-state index contributed by atoms with van der Waals surface area (Å²) in [5, 5.41) is 4.19. The molecule has 35 heavy (non-hydrogen) atoms. The first-order valence-corrected chi connectivity index (χ1v) is 12.0. The van der Waals surface area contributed by atoms with Gasteiger partial charge in [-0.25, -0.2) is 0 Å². The van der Waals surface area contributed by atoms with Crippen LogP contribution in [0.3, 0.4) is 0 Å². The second-order valence-corrected chi connectivity index (χ2v) is 8.86. The molecule has 0 amide bonds. The van der Waals surface area contributed by atoms with E-state index in [9.17, 15) is 0 Å². The predicted molar refractivity (Wildman–Crippen MR) is 142 cm³/mol. The number of para-hydroxylation sites is 1. The van der Waals surface area contributed by atoms with Crippen molar-refractivity contribution in [3.8, 4) is 11.5 Å². The van der Waals surface area contributed by atoms with Crippen molar-refractivity contribution in [3.63, 3.8) is 0 Å². The highest BCUT2D eigenvalue weighted by Gasteiger charge is 2.42. The maximum atomic E-state index is 6.11. The van der Waals surface area contributed by atoms with Gasteiger partial charge in [-0.15, -0.1) is 0 Å². The number of anilines is 1. The maximum absolute atomic E-state index is 6.11. The van der Waals surface area contributed by atoms with Crippen molar-refractivity contribution in [3.05, 3.63) is 108 Å². The molecule has 2 aromatic carbocycles. The van der Waals surface area contributed by atoms with Crippen molar-refractivity contribution in [1.29, 1.82) is 0 Å². The number of thiocarbonyl (C=S) groups is 1. The molecule has 1 saturated heterocycles. The van der Waals surface area contributed by atoms with Gasteiger partial charge in [0.15, 0.2) is 5.11 Å². The summed E-state index contributed by atoms with van der Waals surface area (Å²) >= 11 is 5.86. The lowest BCUT2D eigenvalue weighted by atomic mass is 10.0. The van der Waals surface area contributed by atoms with Gasteiger partial charge in [0.2, 0.25) is 0 Å². The van der Waals surface area contributed by atoms with Crippen LogP contribution in [0.2, 0.25) is 0 Å². The molecule has 2 atom stereocenters. The van der Waals surface area contributed by atoms with Crippen molar-refractivity contribution in [2.24, 2.45) is 0 Å². The molecule has 0 unspecified atom stereocenters. The van der Waals surface area contributed by atoms with Gasteiger partial charge in [-0.1, -0.05) is 24.3 Å². The average molecular weight is 485 g/mol. The second-order valence-electron chi connectivity index (χ2n) is 8.48. The Hall–Kier alpha value is -3.68. The minimum atomic E-state index is -0.0946. The number of rotatable bonds is 8. The summed E-state index contributed by atoms with van der Waals surface area (Å²) in [6, 6.07) is 26.1. The number of benzene rings is 2. The lowest BCUT2D eigenvalue weighted by molar-refractivity contribution is 0.186. The molecule has 2 aromatic heterocycles.